The number of aromatic nitrogens is 1. The molecule has 2 amide bonds. The molecule has 3 aromatic rings. The molecule has 170 valence electrons. The molecule has 2 heterocycles. The molecular weight excluding hydrogens is 453 g/mol. The smallest absolute Gasteiger partial charge is 0.327 e. The lowest BCUT2D eigenvalue weighted by Gasteiger charge is -2.28. The molecule has 1 aromatic heterocycles. The Labute approximate surface area is 198 Å². The van der Waals surface area contributed by atoms with Gasteiger partial charge in [0.25, 0.3) is 0 Å². The monoisotopic (exact) mass is 477 g/mol. The van der Waals surface area contributed by atoms with Crippen LogP contribution in [0.25, 0.3) is 0 Å². The Morgan fingerprint density at radius 2 is 1.78 bits per heavy atom. The Bertz CT molecular complexity index is 1010. The van der Waals surface area contributed by atoms with Crippen LogP contribution in [-0.2, 0) is 0 Å². The summed E-state index contributed by atoms with van der Waals surface area (Å²) in [6.45, 7) is 1.76. The molecule has 1 aliphatic rings. The number of amides is 2. The zero-order valence-electron chi connectivity index (χ0n) is 17.2. The van der Waals surface area contributed by atoms with E-state index in [0.717, 1.165) is 17.1 Å². The normalized spacial score (nSPS) is 11.7. The summed E-state index contributed by atoms with van der Waals surface area (Å²) in [5, 5.41) is 6.13. The largest absolute Gasteiger partial charge is 0.492 e. The number of nitrogens with one attached hydrogen (secondary N) is 2. The maximum Gasteiger partial charge on any atom is 0.327 e. The summed E-state index contributed by atoms with van der Waals surface area (Å²) in [7, 11) is 0. The third-order valence-corrected chi connectivity index (χ3v) is 4.45. The number of para-hydroxylation sites is 1. The SMILES string of the molecule is Cl.Cl.NCCOc1ccc(Nc2ccc3c(n2)N(C(=O)Nc2ccccc2)CCO3)cc1. The number of benzene rings is 2. The van der Waals surface area contributed by atoms with E-state index in [0.29, 0.717) is 43.7 Å². The van der Waals surface area contributed by atoms with Crippen LogP contribution >= 0.6 is 24.8 Å². The lowest BCUT2D eigenvalue weighted by atomic mass is 10.3. The van der Waals surface area contributed by atoms with E-state index in [4.69, 9.17) is 15.2 Å². The third-order valence-electron chi connectivity index (χ3n) is 4.45. The van der Waals surface area contributed by atoms with Gasteiger partial charge < -0.3 is 25.8 Å². The Morgan fingerprint density at radius 1 is 1.03 bits per heavy atom. The molecule has 8 nitrogen and oxygen atoms in total. The van der Waals surface area contributed by atoms with E-state index in [1.54, 1.807) is 4.90 Å². The highest BCUT2D eigenvalue weighted by Crippen LogP contribution is 2.32. The van der Waals surface area contributed by atoms with Crippen LogP contribution in [0.4, 0.5) is 27.8 Å². The molecule has 0 spiro atoms. The first-order valence-corrected chi connectivity index (χ1v) is 9.70. The summed E-state index contributed by atoms with van der Waals surface area (Å²) in [4.78, 5) is 19.0. The predicted molar refractivity (Wildman–Crippen MR) is 131 cm³/mol. The van der Waals surface area contributed by atoms with Crippen LogP contribution in [0, 0.1) is 0 Å². The number of halogens is 2. The van der Waals surface area contributed by atoms with Gasteiger partial charge in [0.2, 0.25) is 0 Å². The molecule has 32 heavy (non-hydrogen) atoms. The standard InChI is InChI=1S/C22H23N5O3.2ClH/c23-12-14-29-18-8-6-17(7-9-18)24-20-11-10-19-21(26-20)27(13-15-30-19)22(28)25-16-4-2-1-3-5-16;;/h1-11H,12-15,23H2,(H,24,26)(H,25,28);2*1H. The molecule has 10 heteroatoms. The molecule has 2 aromatic carbocycles. The number of carbonyl (C=O) groups is 1. The van der Waals surface area contributed by atoms with Gasteiger partial charge in [-0.1, -0.05) is 18.2 Å². The minimum Gasteiger partial charge on any atom is -0.492 e. The van der Waals surface area contributed by atoms with Gasteiger partial charge >= 0.3 is 6.03 Å². The number of pyridine rings is 1. The fourth-order valence-corrected chi connectivity index (χ4v) is 3.03. The minimum atomic E-state index is -0.253. The van der Waals surface area contributed by atoms with Gasteiger partial charge in [0.15, 0.2) is 11.6 Å². The Morgan fingerprint density at radius 3 is 2.50 bits per heavy atom. The maximum atomic E-state index is 12.8. The molecule has 0 fully saturated rings. The second kappa shape index (κ2) is 12.0. The van der Waals surface area contributed by atoms with Crippen molar-refractivity contribution >= 4 is 53.9 Å². The molecule has 0 atom stereocenters. The molecule has 0 saturated heterocycles. The number of hydrogen-bond acceptors (Lipinski definition) is 6. The summed E-state index contributed by atoms with van der Waals surface area (Å²) < 4.78 is 11.2. The fraction of sp³-hybridized carbons (Fsp3) is 0.182. The highest BCUT2D eigenvalue weighted by Gasteiger charge is 2.25. The molecule has 0 saturated carbocycles. The zero-order valence-corrected chi connectivity index (χ0v) is 18.8. The van der Waals surface area contributed by atoms with Crippen LogP contribution in [0.3, 0.4) is 0 Å². The van der Waals surface area contributed by atoms with Crippen molar-refractivity contribution in [3.8, 4) is 11.5 Å². The van der Waals surface area contributed by atoms with Gasteiger partial charge in [-0.3, -0.25) is 4.90 Å². The molecule has 4 rings (SSSR count). The van der Waals surface area contributed by atoms with Crippen LogP contribution in [0.2, 0.25) is 0 Å². The number of nitrogens with two attached hydrogens (primary N) is 1. The van der Waals surface area contributed by atoms with Gasteiger partial charge in [0, 0.05) is 17.9 Å². The average molecular weight is 478 g/mol. The Kier molecular flexibility index (Phi) is 9.39. The van der Waals surface area contributed by atoms with Gasteiger partial charge in [-0.05, 0) is 48.5 Å². The number of anilines is 4. The van der Waals surface area contributed by atoms with Crippen LogP contribution in [-0.4, -0.2) is 37.3 Å². The van der Waals surface area contributed by atoms with E-state index in [-0.39, 0.29) is 30.8 Å². The lowest BCUT2D eigenvalue weighted by molar-refractivity contribution is 0.249. The predicted octanol–water partition coefficient (Wildman–Crippen LogP) is 4.44. The lowest BCUT2D eigenvalue weighted by Crippen LogP contribution is -2.41. The number of rotatable bonds is 6. The number of hydrogen-bond donors (Lipinski definition) is 3. The van der Waals surface area contributed by atoms with Gasteiger partial charge in [-0.15, -0.1) is 24.8 Å². The van der Waals surface area contributed by atoms with E-state index in [1.165, 1.54) is 0 Å². The van der Waals surface area contributed by atoms with Crippen molar-refractivity contribution in [3.05, 3.63) is 66.7 Å². The highest BCUT2D eigenvalue weighted by molar-refractivity contribution is 6.02. The van der Waals surface area contributed by atoms with Crippen LogP contribution in [0.15, 0.2) is 66.7 Å². The number of fused-ring (bicyclic) bond motifs is 1. The molecule has 1 aliphatic heterocycles. The van der Waals surface area contributed by atoms with E-state index >= 15 is 0 Å². The molecule has 4 N–H and O–H groups in total. The Balaban J connectivity index is 0.00000181. The first kappa shape index (κ1) is 25.1. The van der Waals surface area contributed by atoms with Crippen LogP contribution in [0.5, 0.6) is 11.5 Å². The van der Waals surface area contributed by atoms with Gasteiger partial charge in [0.05, 0.1) is 6.54 Å². The van der Waals surface area contributed by atoms with Crippen LogP contribution < -0.4 is 30.7 Å². The molecule has 0 radical (unpaired) electrons. The van der Waals surface area contributed by atoms with Crippen molar-refractivity contribution in [1.29, 1.82) is 0 Å². The molecule has 0 bridgehead atoms. The van der Waals surface area contributed by atoms with Crippen molar-refractivity contribution in [2.45, 2.75) is 0 Å². The summed E-state index contributed by atoms with van der Waals surface area (Å²) in [6.07, 6.45) is 0. The van der Waals surface area contributed by atoms with E-state index in [1.807, 2.05) is 66.7 Å². The first-order valence-electron chi connectivity index (χ1n) is 9.70. The average Bonchev–Trinajstić information content (AvgIpc) is 2.79. The second-order valence-corrected chi connectivity index (χ2v) is 6.60. The Hall–Kier alpha value is -3.20. The van der Waals surface area contributed by atoms with Crippen molar-refractivity contribution in [3.63, 3.8) is 0 Å². The summed E-state index contributed by atoms with van der Waals surface area (Å²) in [5.74, 6) is 2.40. The highest BCUT2D eigenvalue weighted by atomic mass is 35.5. The topological polar surface area (TPSA) is 102 Å². The number of nitrogens with zero attached hydrogens (tertiary/aromatic N) is 2. The number of ether oxygens (including phenoxy) is 2. The van der Waals surface area contributed by atoms with Gasteiger partial charge in [-0.25, -0.2) is 9.78 Å². The van der Waals surface area contributed by atoms with Crippen molar-refractivity contribution in [2.75, 3.05) is 41.8 Å². The number of carbonyl (C=O) groups excluding carboxylic acids is 1. The summed E-state index contributed by atoms with van der Waals surface area (Å²) >= 11 is 0. The summed E-state index contributed by atoms with van der Waals surface area (Å²) in [5.41, 5.74) is 7.02. The fourth-order valence-electron chi connectivity index (χ4n) is 3.03. The number of urea groups is 1. The third kappa shape index (κ3) is 6.16. The quantitative estimate of drug-likeness (QED) is 0.485. The summed E-state index contributed by atoms with van der Waals surface area (Å²) in [6, 6.07) is 20.2. The van der Waals surface area contributed by atoms with Gasteiger partial charge in [0.1, 0.15) is 24.8 Å². The van der Waals surface area contributed by atoms with Crippen molar-refractivity contribution < 1.29 is 14.3 Å². The van der Waals surface area contributed by atoms with E-state index < -0.39 is 0 Å². The molecule has 0 unspecified atom stereocenters. The van der Waals surface area contributed by atoms with Gasteiger partial charge in [-0.2, -0.15) is 0 Å². The van der Waals surface area contributed by atoms with Crippen LogP contribution in [0.1, 0.15) is 0 Å². The molecule has 0 aliphatic carbocycles. The minimum absolute atomic E-state index is 0. The van der Waals surface area contributed by atoms with E-state index in [9.17, 15) is 4.79 Å². The molecular formula is C22H25Cl2N5O3. The van der Waals surface area contributed by atoms with E-state index in [2.05, 4.69) is 15.6 Å². The first-order chi connectivity index (χ1) is 14.7. The van der Waals surface area contributed by atoms with Crippen molar-refractivity contribution in [1.82, 2.24) is 4.98 Å². The second-order valence-electron chi connectivity index (χ2n) is 6.60. The van der Waals surface area contributed by atoms with Crippen molar-refractivity contribution in [2.24, 2.45) is 5.73 Å². The zero-order chi connectivity index (χ0) is 20.8. The maximum absolute atomic E-state index is 12.8.